The molecule has 0 aliphatic carbocycles. The first-order valence-electron chi connectivity index (χ1n) is 6.99. The summed E-state index contributed by atoms with van der Waals surface area (Å²) in [4.78, 5) is 20.6. The summed E-state index contributed by atoms with van der Waals surface area (Å²) in [6, 6.07) is 3.45. The molecule has 0 bridgehead atoms. The predicted molar refractivity (Wildman–Crippen MR) is 82.2 cm³/mol. The summed E-state index contributed by atoms with van der Waals surface area (Å²) in [5.41, 5.74) is 6.59. The molecule has 3 N–H and O–H groups in total. The van der Waals surface area contributed by atoms with E-state index in [1.54, 1.807) is 18.5 Å². The number of pyridine rings is 1. The zero-order valence-corrected chi connectivity index (χ0v) is 12.6. The van der Waals surface area contributed by atoms with Crippen LogP contribution in [0.3, 0.4) is 0 Å². The number of amides is 1. The summed E-state index contributed by atoms with van der Waals surface area (Å²) >= 11 is 0. The van der Waals surface area contributed by atoms with Gasteiger partial charge in [0.1, 0.15) is 5.82 Å². The molecule has 0 aliphatic heterocycles. The number of nitrogens with one attached hydrogen (secondary N) is 1. The molecule has 0 aliphatic rings. The Morgan fingerprint density at radius 1 is 1.38 bits per heavy atom. The predicted octanol–water partition coefficient (Wildman–Crippen LogP) is 1.89. The maximum absolute atomic E-state index is 12.1. The molecule has 2 rings (SSSR count). The fourth-order valence-electron chi connectivity index (χ4n) is 1.94. The maximum atomic E-state index is 12.1. The third kappa shape index (κ3) is 3.66. The van der Waals surface area contributed by atoms with Gasteiger partial charge in [-0.05, 0) is 25.0 Å². The van der Waals surface area contributed by atoms with Crippen LogP contribution < -0.4 is 11.1 Å². The lowest BCUT2D eigenvalue weighted by Crippen LogP contribution is -2.31. The van der Waals surface area contributed by atoms with Gasteiger partial charge in [-0.2, -0.15) is 0 Å². The lowest BCUT2D eigenvalue weighted by Gasteiger charge is -2.16. The van der Waals surface area contributed by atoms with Crippen LogP contribution in [0.15, 0.2) is 30.7 Å². The summed E-state index contributed by atoms with van der Waals surface area (Å²) in [7, 11) is 0. The molecule has 1 unspecified atom stereocenters. The van der Waals surface area contributed by atoms with Crippen LogP contribution >= 0.6 is 0 Å². The number of nitrogens with two attached hydrogens (primary N) is 1. The molecule has 0 saturated carbocycles. The molecule has 112 valence electrons. The van der Waals surface area contributed by atoms with Crippen molar-refractivity contribution in [3.05, 3.63) is 36.5 Å². The fourth-order valence-corrected chi connectivity index (χ4v) is 1.94. The molecule has 2 aromatic rings. The first-order valence-corrected chi connectivity index (χ1v) is 6.99. The SMILES string of the molecule is Cc1nccn1-c1ncccc1NC(=O)CC(N)C(C)C. The van der Waals surface area contributed by atoms with Crippen molar-refractivity contribution in [2.24, 2.45) is 11.7 Å². The topological polar surface area (TPSA) is 85.8 Å². The number of aromatic nitrogens is 3. The Hall–Kier alpha value is -2.21. The Morgan fingerprint density at radius 3 is 2.76 bits per heavy atom. The van der Waals surface area contributed by atoms with Gasteiger partial charge in [-0.25, -0.2) is 9.97 Å². The summed E-state index contributed by atoms with van der Waals surface area (Å²) < 4.78 is 1.83. The van der Waals surface area contributed by atoms with E-state index < -0.39 is 0 Å². The van der Waals surface area contributed by atoms with Crippen LogP contribution in [0.5, 0.6) is 0 Å². The van der Waals surface area contributed by atoms with Gasteiger partial charge in [0, 0.05) is 31.1 Å². The number of nitrogens with zero attached hydrogens (tertiary/aromatic N) is 3. The van der Waals surface area contributed by atoms with Gasteiger partial charge in [-0.15, -0.1) is 0 Å². The smallest absolute Gasteiger partial charge is 0.226 e. The van der Waals surface area contributed by atoms with E-state index in [2.05, 4.69) is 15.3 Å². The minimum absolute atomic E-state index is 0.108. The maximum Gasteiger partial charge on any atom is 0.226 e. The van der Waals surface area contributed by atoms with Gasteiger partial charge in [0.15, 0.2) is 5.82 Å². The van der Waals surface area contributed by atoms with Crippen LogP contribution in [-0.4, -0.2) is 26.5 Å². The number of hydrogen-bond donors (Lipinski definition) is 2. The zero-order valence-electron chi connectivity index (χ0n) is 12.6. The lowest BCUT2D eigenvalue weighted by atomic mass is 10.0. The first-order chi connectivity index (χ1) is 9.99. The Morgan fingerprint density at radius 2 is 2.14 bits per heavy atom. The van der Waals surface area contributed by atoms with Crippen molar-refractivity contribution in [1.29, 1.82) is 0 Å². The molecule has 2 heterocycles. The molecular weight excluding hydrogens is 266 g/mol. The molecule has 2 aromatic heterocycles. The Labute approximate surface area is 124 Å². The second-order valence-corrected chi connectivity index (χ2v) is 5.38. The average Bonchev–Trinajstić information content (AvgIpc) is 2.85. The number of imidazole rings is 1. The zero-order chi connectivity index (χ0) is 15.4. The van der Waals surface area contributed by atoms with Crippen molar-refractivity contribution < 1.29 is 4.79 Å². The van der Waals surface area contributed by atoms with Gasteiger partial charge < -0.3 is 11.1 Å². The van der Waals surface area contributed by atoms with Crippen LogP contribution in [0, 0.1) is 12.8 Å². The van der Waals surface area contributed by atoms with E-state index in [0.29, 0.717) is 11.5 Å². The van der Waals surface area contributed by atoms with E-state index in [0.717, 1.165) is 5.82 Å². The van der Waals surface area contributed by atoms with Crippen LogP contribution in [0.2, 0.25) is 0 Å². The van der Waals surface area contributed by atoms with E-state index in [4.69, 9.17) is 5.73 Å². The Bertz CT molecular complexity index is 620. The van der Waals surface area contributed by atoms with Gasteiger partial charge in [-0.1, -0.05) is 13.8 Å². The van der Waals surface area contributed by atoms with Crippen LogP contribution in [0.1, 0.15) is 26.1 Å². The van der Waals surface area contributed by atoms with E-state index >= 15 is 0 Å². The largest absolute Gasteiger partial charge is 0.327 e. The number of carbonyl (C=O) groups is 1. The number of anilines is 1. The summed E-state index contributed by atoms with van der Waals surface area (Å²) in [6.07, 6.45) is 5.48. The van der Waals surface area contributed by atoms with Crippen LogP contribution in [0.25, 0.3) is 5.82 Å². The number of carbonyl (C=O) groups excluding carboxylic acids is 1. The summed E-state index contributed by atoms with van der Waals surface area (Å²) in [5, 5.41) is 2.88. The monoisotopic (exact) mass is 287 g/mol. The lowest BCUT2D eigenvalue weighted by molar-refractivity contribution is -0.116. The standard InChI is InChI=1S/C15H21N5O/c1-10(2)12(16)9-14(21)19-13-5-4-6-18-15(13)20-8-7-17-11(20)3/h4-8,10,12H,9,16H2,1-3H3,(H,19,21). The second kappa shape index (κ2) is 6.49. The molecule has 0 aromatic carbocycles. The second-order valence-electron chi connectivity index (χ2n) is 5.38. The fraction of sp³-hybridized carbons (Fsp3) is 0.400. The van der Waals surface area contributed by atoms with Crippen molar-refractivity contribution in [2.75, 3.05) is 5.32 Å². The van der Waals surface area contributed by atoms with Gasteiger partial charge in [-0.3, -0.25) is 9.36 Å². The van der Waals surface area contributed by atoms with Gasteiger partial charge in [0.25, 0.3) is 0 Å². The number of hydrogen-bond acceptors (Lipinski definition) is 4. The highest BCUT2D eigenvalue weighted by Gasteiger charge is 2.15. The highest BCUT2D eigenvalue weighted by Crippen LogP contribution is 2.19. The molecular formula is C15H21N5O. The van der Waals surface area contributed by atoms with E-state index in [1.165, 1.54) is 0 Å². The Balaban J connectivity index is 2.18. The minimum atomic E-state index is -0.153. The summed E-state index contributed by atoms with van der Waals surface area (Å²) in [5.74, 6) is 1.62. The van der Waals surface area contributed by atoms with E-state index in [-0.39, 0.29) is 24.3 Å². The number of aryl methyl sites for hydroxylation is 1. The van der Waals surface area contributed by atoms with Crippen LogP contribution in [0.4, 0.5) is 5.69 Å². The molecule has 1 atom stereocenters. The van der Waals surface area contributed by atoms with Gasteiger partial charge >= 0.3 is 0 Å². The Kier molecular flexibility index (Phi) is 4.70. The normalized spacial score (nSPS) is 12.4. The average molecular weight is 287 g/mol. The van der Waals surface area contributed by atoms with Crippen molar-refractivity contribution in [1.82, 2.24) is 14.5 Å². The quantitative estimate of drug-likeness (QED) is 0.879. The van der Waals surface area contributed by atoms with Gasteiger partial charge in [0.2, 0.25) is 5.91 Å². The van der Waals surface area contributed by atoms with Crippen LogP contribution in [-0.2, 0) is 4.79 Å². The molecule has 1 amide bonds. The van der Waals surface area contributed by atoms with Gasteiger partial charge in [0.05, 0.1) is 5.69 Å². The van der Waals surface area contributed by atoms with Crippen molar-refractivity contribution >= 4 is 11.6 Å². The minimum Gasteiger partial charge on any atom is -0.327 e. The molecule has 0 spiro atoms. The van der Waals surface area contributed by atoms with Crippen molar-refractivity contribution in [3.8, 4) is 5.82 Å². The molecule has 0 fully saturated rings. The highest BCUT2D eigenvalue weighted by atomic mass is 16.1. The third-order valence-electron chi connectivity index (χ3n) is 3.39. The highest BCUT2D eigenvalue weighted by molar-refractivity contribution is 5.92. The van der Waals surface area contributed by atoms with E-state index in [1.807, 2.05) is 37.6 Å². The first kappa shape index (κ1) is 15.2. The summed E-state index contributed by atoms with van der Waals surface area (Å²) in [6.45, 7) is 5.89. The number of rotatable bonds is 5. The molecule has 0 radical (unpaired) electrons. The van der Waals surface area contributed by atoms with Crippen molar-refractivity contribution in [2.45, 2.75) is 33.2 Å². The molecule has 0 saturated heterocycles. The third-order valence-corrected chi connectivity index (χ3v) is 3.39. The molecule has 6 heteroatoms. The molecule has 6 nitrogen and oxygen atoms in total. The molecule has 21 heavy (non-hydrogen) atoms. The van der Waals surface area contributed by atoms with Crippen molar-refractivity contribution in [3.63, 3.8) is 0 Å². The van der Waals surface area contributed by atoms with E-state index in [9.17, 15) is 4.79 Å².